The van der Waals surface area contributed by atoms with Crippen LogP contribution in [0.4, 0.5) is 5.69 Å². The van der Waals surface area contributed by atoms with Crippen molar-refractivity contribution in [3.05, 3.63) is 29.3 Å². The molecule has 18 heavy (non-hydrogen) atoms. The minimum atomic E-state index is -0.102. The third-order valence-electron chi connectivity index (χ3n) is 2.83. The Morgan fingerprint density at radius 2 is 2.22 bits per heavy atom. The topological polar surface area (TPSA) is 70.2 Å². The number of likely N-dealkylation sites (N-methyl/N-ethyl adjacent to an activating group) is 1. The quantitative estimate of drug-likeness (QED) is 0.664. The molecule has 1 aromatic rings. The Morgan fingerprint density at radius 1 is 1.39 bits per heavy atom. The minimum Gasteiger partial charge on any atom is -0.351 e. The number of amides is 2. The molecule has 0 bridgehead atoms. The second kappa shape index (κ2) is 5.64. The number of rotatable bonds is 5. The van der Waals surface area contributed by atoms with Gasteiger partial charge in [-0.05, 0) is 30.3 Å². The first-order valence-corrected chi connectivity index (χ1v) is 6.12. The normalized spacial score (nSPS) is 13.1. The molecule has 0 unspecified atom stereocenters. The molecule has 1 heterocycles. The fourth-order valence-electron chi connectivity index (χ4n) is 1.91. The van der Waals surface area contributed by atoms with Crippen LogP contribution in [0, 0.1) is 0 Å². The summed E-state index contributed by atoms with van der Waals surface area (Å²) in [5.74, 6) is -0.121. The van der Waals surface area contributed by atoms with Crippen LogP contribution in [0.1, 0.15) is 22.8 Å². The van der Waals surface area contributed by atoms with E-state index < -0.39 is 0 Å². The van der Waals surface area contributed by atoms with Gasteiger partial charge in [-0.2, -0.15) is 0 Å². The van der Waals surface area contributed by atoms with Crippen LogP contribution < -0.4 is 16.0 Å². The van der Waals surface area contributed by atoms with Crippen LogP contribution in [0.25, 0.3) is 0 Å². The summed E-state index contributed by atoms with van der Waals surface area (Å²) < 4.78 is 0. The molecule has 0 saturated carbocycles. The molecule has 0 saturated heterocycles. The summed E-state index contributed by atoms with van der Waals surface area (Å²) >= 11 is 0. The molecule has 2 rings (SSSR count). The summed E-state index contributed by atoms with van der Waals surface area (Å²) in [6.07, 6.45) is 0.355. The van der Waals surface area contributed by atoms with Gasteiger partial charge in [0.1, 0.15) is 0 Å². The van der Waals surface area contributed by atoms with E-state index in [2.05, 4.69) is 16.0 Å². The lowest BCUT2D eigenvalue weighted by atomic mass is 10.1. The first-order valence-electron chi connectivity index (χ1n) is 6.12. The summed E-state index contributed by atoms with van der Waals surface area (Å²) in [7, 11) is 0. The zero-order chi connectivity index (χ0) is 13.0. The summed E-state index contributed by atoms with van der Waals surface area (Å²) in [5.41, 5.74) is 2.30. The Kier molecular flexibility index (Phi) is 3.94. The average Bonchev–Trinajstić information content (AvgIpc) is 2.73. The molecular weight excluding hydrogens is 230 g/mol. The Balaban J connectivity index is 1.95. The van der Waals surface area contributed by atoms with Gasteiger partial charge in [0.2, 0.25) is 5.91 Å². The van der Waals surface area contributed by atoms with Crippen molar-refractivity contribution in [2.45, 2.75) is 13.3 Å². The van der Waals surface area contributed by atoms with Crippen molar-refractivity contribution in [2.75, 3.05) is 25.0 Å². The molecule has 5 nitrogen and oxygen atoms in total. The fourth-order valence-corrected chi connectivity index (χ4v) is 1.91. The van der Waals surface area contributed by atoms with Crippen LogP contribution in [0.5, 0.6) is 0 Å². The summed E-state index contributed by atoms with van der Waals surface area (Å²) in [4.78, 5) is 23.1. The maximum Gasteiger partial charge on any atom is 0.251 e. The molecule has 0 aromatic heterocycles. The van der Waals surface area contributed by atoms with E-state index in [0.717, 1.165) is 24.3 Å². The van der Waals surface area contributed by atoms with Gasteiger partial charge in [-0.3, -0.25) is 9.59 Å². The second-order valence-corrected chi connectivity index (χ2v) is 4.21. The number of fused-ring (bicyclic) bond motifs is 1. The van der Waals surface area contributed by atoms with E-state index in [1.807, 2.05) is 6.92 Å². The molecular formula is C13H17N3O2. The first-order chi connectivity index (χ1) is 8.70. The highest BCUT2D eigenvalue weighted by Crippen LogP contribution is 2.23. The van der Waals surface area contributed by atoms with E-state index in [4.69, 9.17) is 0 Å². The smallest absolute Gasteiger partial charge is 0.251 e. The van der Waals surface area contributed by atoms with Crippen molar-refractivity contribution in [1.29, 1.82) is 0 Å². The predicted octanol–water partition coefficient (Wildman–Crippen LogP) is 0.520. The average molecular weight is 247 g/mol. The van der Waals surface area contributed by atoms with Crippen molar-refractivity contribution in [2.24, 2.45) is 0 Å². The summed E-state index contributed by atoms with van der Waals surface area (Å²) in [5, 5.41) is 8.71. The minimum absolute atomic E-state index is 0.0188. The molecule has 0 spiro atoms. The molecule has 1 aliphatic rings. The third-order valence-corrected chi connectivity index (χ3v) is 2.83. The molecule has 96 valence electrons. The van der Waals surface area contributed by atoms with Crippen molar-refractivity contribution in [3.8, 4) is 0 Å². The highest BCUT2D eigenvalue weighted by molar-refractivity contribution is 6.01. The number of hydrogen-bond acceptors (Lipinski definition) is 3. The molecule has 1 aliphatic heterocycles. The van der Waals surface area contributed by atoms with Crippen LogP contribution in [-0.4, -0.2) is 31.4 Å². The lowest BCUT2D eigenvalue weighted by molar-refractivity contribution is -0.115. The van der Waals surface area contributed by atoms with Crippen molar-refractivity contribution < 1.29 is 9.59 Å². The molecule has 5 heteroatoms. The lowest BCUT2D eigenvalue weighted by Gasteiger charge is -2.06. The monoisotopic (exact) mass is 247 g/mol. The van der Waals surface area contributed by atoms with E-state index in [0.29, 0.717) is 18.5 Å². The van der Waals surface area contributed by atoms with Gasteiger partial charge in [0.15, 0.2) is 0 Å². The maximum atomic E-state index is 11.8. The number of carbonyl (C=O) groups is 2. The lowest BCUT2D eigenvalue weighted by Crippen LogP contribution is -2.31. The summed E-state index contributed by atoms with van der Waals surface area (Å²) in [6.45, 7) is 4.27. The van der Waals surface area contributed by atoms with Gasteiger partial charge in [0.05, 0.1) is 6.42 Å². The fraction of sp³-hybridized carbons (Fsp3) is 0.385. The predicted molar refractivity (Wildman–Crippen MR) is 69.7 cm³/mol. The molecule has 0 atom stereocenters. The Morgan fingerprint density at radius 3 is 3.00 bits per heavy atom. The number of carbonyl (C=O) groups excluding carboxylic acids is 2. The molecule has 2 amide bonds. The highest BCUT2D eigenvalue weighted by atomic mass is 16.2. The van der Waals surface area contributed by atoms with Crippen LogP contribution >= 0.6 is 0 Å². The zero-order valence-corrected chi connectivity index (χ0v) is 10.4. The van der Waals surface area contributed by atoms with E-state index in [1.165, 1.54) is 0 Å². The second-order valence-electron chi connectivity index (χ2n) is 4.21. The van der Waals surface area contributed by atoms with E-state index in [-0.39, 0.29) is 11.8 Å². The largest absolute Gasteiger partial charge is 0.351 e. The van der Waals surface area contributed by atoms with E-state index in [1.54, 1.807) is 18.2 Å². The molecule has 1 aromatic carbocycles. The number of benzene rings is 1. The van der Waals surface area contributed by atoms with Gasteiger partial charge in [-0.25, -0.2) is 0 Å². The van der Waals surface area contributed by atoms with Gasteiger partial charge in [-0.1, -0.05) is 6.92 Å². The van der Waals surface area contributed by atoms with Crippen LogP contribution in [0.2, 0.25) is 0 Å². The first kappa shape index (κ1) is 12.6. The Hall–Kier alpha value is -1.88. The van der Waals surface area contributed by atoms with Crippen molar-refractivity contribution in [3.63, 3.8) is 0 Å². The number of nitrogens with one attached hydrogen (secondary N) is 3. The van der Waals surface area contributed by atoms with E-state index >= 15 is 0 Å². The van der Waals surface area contributed by atoms with Gasteiger partial charge < -0.3 is 16.0 Å². The third kappa shape index (κ3) is 2.87. The van der Waals surface area contributed by atoms with Gasteiger partial charge in [-0.15, -0.1) is 0 Å². The van der Waals surface area contributed by atoms with E-state index in [9.17, 15) is 9.59 Å². The van der Waals surface area contributed by atoms with Crippen LogP contribution in [0.15, 0.2) is 18.2 Å². The number of hydrogen-bond donors (Lipinski definition) is 3. The summed E-state index contributed by atoms with van der Waals surface area (Å²) in [6, 6.07) is 5.28. The van der Waals surface area contributed by atoms with Gasteiger partial charge in [0.25, 0.3) is 5.91 Å². The SMILES string of the molecule is CCNCCNC(=O)c1ccc2c(c1)CC(=O)N2. The molecule has 3 N–H and O–H groups in total. The van der Waals surface area contributed by atoms with Crippen molar-refractivity contribution in [1.82, 2.24) is 10.6 Å². The number of anilines is 1. The van der Waals surface area contributed by atoms with Crippen LogP contribution in [0.3, 0.4) is 0 Å². The molecule has 0 fully saturated rings. The Labute approximate surface area is 106 Å². The van der Waals surface area contributed by atoms with Gasteiger partial charge >= 0.3 is 0 Å². The highest BCUT2D eigenvalue weighted by Gasteiger charge is 2.18. The molecule has 0 aliphatic carbocycles. The zero-order valence-electron chi connectivity index (χ0n) is 10.4. The molecule has 0 radical (unpaired) electrons. The Bertz CT molecular complexity index is 471. The standard InChI is InChI=1S/C13H17N3O2/c1-2-14-5-6-15-13(18)9-3-4-11-10(7-9)8-12(17)16-11/h3-4,7,14H,2,5-6,8H2,1H3,(H,15,18)(H,16,17). The maximum absolute atomic E-state index is 11.8. The van der Waals surface area contributed by atoms with Gasteiger partial charge in [0, 0.05) is 24.3 Å². The van der Waals surface area contributed by atoms with Crippen LogP contribution in [-0.2, 0) is 11.2 Å². The van der Waals surface area contributed by atoms with Crippen molar-refractivity contribution >= 4 is 17.5 Å².